The number of carbonyl (C=O) groups is 1. The van der Waals surface area contributed by atoms with Crippen LogP contribution in [0.2, 0.25) is 0 Å². The van der Waals surface area contributed by atoms with Gasteiger partial charge in [0.15, 0.2) is 0 Å². The fourth-order valence-electron chi connectivity index (χ4n) is 1.99. The summed E-state index contributed by atoms with van der Waals surface area (Å²) in [7, 11) is 0. The molecule has 4 nitrogen and oxygen atoms in total. The van der Waals surface area contributed by atoms with Crippen LogP contribution < -0.4 is 5.32 Å². The van der Waals surface area contributed by atoms with Crippen LogP contribution in [0.1, 0.15) is 53.4 Å². The SMILES string of the molecule is CC1(C#N)CCC(NC(=O)OC(C)(C)C)CC1. The highest BCUT2D eigenvalue weighted by atomic mass is 16.6. The third-order valence-electron chi connectivity index (χ3n) is 3.08. The molecule has 0 aliphatic heterocycles. The van der Waals surface area contributed by atoms with E-state index in [4.69, 9.17) is 10.00 Å². The van der Waals surface area contributed by atoms with Gasteiger partial charge in [-0.05, 0) is 53.4 Å². The number of ether oxygens (including phenoxy) is 1. The topological polar surface area (TPSA) is 62.1 Å². The maximum absolute atomic E-state index is 11.6. The molecule has 0 bridgehead atoms. The number of hydrogen-bond acceptors (Lipinski definition) is 3. The van der Waals surface area contributed by atoms with Gasteiger partial charge >= 0.3 is 6.09 Å². The van der Waals surface area contributed by atoms with Crippen LogP contribution in [0.4, 0.5) is 4.79 Å². The van der Waals surface area contributed by atoms with Crippen LogP contribution in [-0.4, -0.2) is 17.7 Å². The molecule has 1 aliphatic rings. The molecule has 1 saturated carbocycles. The zero-order valence-corrected chi connectivity index (χ0v) is 11.2. The molecule has 0 radical (unpaired) electrons. The van der Waals surface area contributed by atoms with E-state index in [1.54, 1.807) is 0 Å². The van der Waals surface area contributed by atoms with Crippen molar-refractivity contribution in [2.45, 2.75) is 65.0 Å². The minimum atomic E-state index is -0.458. The van der Waals surface area contributed by atoms with Crippen molar-refractivity contribution in [2.75, 3.05) is 0 Å². The van der Waals surface area contributed by atoms with E-state index in [9.17, 15) is 4.79 Å². The zero-order valence-electron chi connectivity index (χ0n) is 11.2. The molecule has 0 unspecified atom stereocenters. The van der Waals surface area contributed by atoms with Crippen LogP contribution in [0.3, 0.4) is 0 Å². The summed E-state index contributed by atoms with van der Waals surface area (Å²) in [5.74, 6) is 0. The first-order valence-corrected chi connectivity index (χ1v) is 6.15. The molecule has 0 saturated heterocycles. The third-order valence-corrected chi connectivity index (χ3v) is 3.08. The molecule has 1 aliphatic carbocycles. The Labute approximate surface area is 103 Å². The Morgan fingerprint density at radius 2 is 1.94 bits per heavy atom. The lowest BCUT2D eigenvalue weighted by Gasteiger charge is -2.32. The van der Waals surface area contributed by atoms with Crippen LogP contribution in [0.5, 0.6) is 0 Å². The highest BCUT2D eigenvalue weighted by Crippen LogP contribution is 2.35. The number of nitriles is 1. The average molecular weight is 238 g/mol. The molecule has 0 aromatic heterocycles. The predicted octanol–water partition coefficient (Wildman–Crippen LogP) is 2.98. The Kier molecular flexibility index (Phi) is 4.03. The molecule has 96 valence electrons. The smallest absolute Gasteiger partial charge is 0.407 e. The van der Waals surface area contributed by atoms with Crippen molar-refractivity contribution in [3.05, 3.63) is 0 Å². The van der Waals surface area contributed by atoms with Gasteiger partial charge in [0.1, 0.15) is 5.60 Å². The normalized spacial score (nSPS) is 29.2. The molecular weight excluding hydrogens is 216 g/mol. The van der Waals surface area contributed by atoms with Gasteiger partial charge in [-0.25, -0.2) is 4.79 Å². The van der Waals surface area contributed by atoms with Gasteiger partial charge in [0.05, 0.1) is 11.5 Å². The van der Waals surface area contributed by atoms with Crippen molar-refractivity contribution in [3.8, 4) is 6.07 Å². The van der Waals surface area contributed by atoms with E-state index in [0.29, 0.717) is 0 Å². The Balaban J connectivity index is 2.37. The molecule has 0 atom stereocenters. The van der Waals surface area contributed by atoms with Gasteiger partial charge in [-0.1, -0.05) is 0 Å². The number of nitrogens with one attached hydrogen (secondary N) is 1. The van der Waals surface area contributed by atoms with Gasteiger partial charge in [0.25, 0.3) is 0 Å². The molecule has 4 heteroatoms. The molecule has 1 fully saturated rings. The van der Waals surface area contributed by atoms with Gasteiger partial charge in [-0.15, -0.1) is 0 Å². The summed E-state index contributed by atoms with van der Waals surface area (Å²) in [5.41, 5.74) is -0.675. The fraction of sp³-hybridized carbons (Fsp3) is 0.846. The molecule has 0 aromatic rings. The van der Waals surface area contributed by atoms with Gasteiger partial charge in [0.2, 0.25) is 0 Å². The van der Waals surface area contributed by atoms with Crippen molar-refractivity contribution in [3.63, 3.8) is 0 Å². The molecule has 1 N–H and O–H groups in total. The zero-order chi connectivity index (χ0) is 13.1. The van der Waals surface area contributed by atoms with Crippen LogP contribution in [0, 0.1) is 16.7 Å². The van der Waals surface area contributed by atoms with E-state index < -0.39 is 5.60 Å². The number of amides is 1. The molecule has 17 heavy (non-hydrogen) atoms. The highest BCUT2D eigenvalue weighted by Gasteiger charge is 2.32. The van der Waals surface area contributed by atoms with Gasteiger partial charge in [-0.3, -0.25) is 0 Å². The summed E-state index contributed by atoms with van der Waals surface area (Å²) < 4.78 is 5.20. The molecule has 0 heterocycles. The maximum Gasteiger partial charge on any atom is 0.407 e. The van der Waals surface area contributed by atoms with E-state index >= 15 is 0 Å². The summed E-state index contributed by atoms with van der Waals surface area (Å²) in [6.45, 7) is 7.53. The fourth-order valence-corrected chi connectivity index (χ4v) is 1.99. The van der Waals surface area contributed by atoms with Crippen LogP contribution in [0.15, 0.2) is 0 Å². The van der Waals surface area contributed by atoms with Crippen LogP contribution in [-0.2, 0) is 4.74 Å². The minimum Gasteiger partial charge on any atom is -0.444 e. The summed E-state index contributed by atoms with van der Waals surface area (Å²) in [5, 5.41) is 11.9. The Hall–Kier alpha value is -1.24. The Morgan fingerprint density at radius 3 is 2.35 bits per heavy atom. The Morgan fingerprint density at radius 1 is 1.41 bits per heavy atom. The second-order valence-corrected chi connectivity index (χ2v) is 6.09. The van der Waals surface area contributed by atoms with Crippen molar-refractivity contribution < 1.29 is 9.53 Å². The number of rotatable bonds is 1. The number of hydrogen-bond donors (Lipinski definition) is 1. The predicted molar refractivity (Wildman–Crippen MR) is 65.3 cm³/mol. The summed E-state index contributed by atoms with van der Waals surface area (Å²) in [4.78, 5) is 11.6. The van der Waals surface area contributed by atoms with Crippen LogP contribution >= 0.6 is 0 Å². The molecular formula is C13H22N2O2. The third kappa shape index (κ3) is 4.64. The van der Waals surface area contributed by atoms with Gasteiger partial charge < -0.3 is 10.1 Å². The first-order valence-electron chi connectivity index (χ1n) is 6.15. The molecule has 0 spiro atoms. The second-order valence-electron chi connectivity index (χ2n) is 6.09. The van der Waals surface area contributed by atoms with E-state index in [-0.39, 0.29) is 17.6 Å². The van der Waals surface area contributed by atoms with E-state index in [0.717, 1.165) is 25.7 Å². The lowest BCUT2D eigenvalue weighted by atomic mass is 9.75. The second kappa shape index (κ2) is 4.95. The average Bonchev–Trinajstić information content (AvgIpc) is 2.19. The summed E-state index contributed by atoms with van der Waals surface area (Å²) in [6, 6.07) is 2.49. The molecule has 1 amide bonds. The Bertz CT molecular complexity index is 317. The molecule has 1 rings (SSSR count). The van der Waals surface area contributed by atoms with Gasteiger partial charge in [-0.2, -0.15) is 5.26 Å². The first kappa shape index (κ1) is 13.8. The first-order chi connectivity index (χ1) is 7.74. The van der Waals surface area contributed by atoms with Gasteiger partial charge in [0, 0.05) is 6.04 Å². The number of nitrogens with zero attached hydrogens (tertiary/aromatic N) is 1. The maximum atomic E-state index is 11.6. The lowest BCUT2D eigenvalue weighted by molar-refractivity contribution is 0.0482. The largest absolute Gasteiger partial charge is 0.444 e. The van der Waals surface area contributed by atoms with Crippen molar-refractivity contribution in [1.29, 1.82) is 5.26 Å². The quantitative estimate of drug-likeness (QED) is 0.763. The van der Waals surface area contributed by atoms with E-state index in [2.05, 4.69) is 11.4 Å². The number of alkyl carbamates (subject to hydrolysis) is 1. The van der Waals surface area contributed by atoms with E-state index in [1.165, 1.54) is 0 Å². The monoisotopic (exact) mass is 238 g/mol. The summed E-state index contributed by atoms with van der Waals surface area (Å²) >= 11 is 0. The number of carbonyl (C=O) groups excluding carboxylic acids is 1. The van der Waals surface area contributed by atoms with Crippen molar-refractivity contribution >= 4 is 6.09 Å². The van der Waals surface area contributed by atoms with Crippen molar-refractivity contribution in [2.24, 2.45) is 5.41 Å². The minimum absolute atomic E-state index is 0.145. The van der Waals surface area contributed by atoms with Crippen molar-refractivity contribution in [1.82, 2.24) is 5.32 Å². The summed E-state index contributed by atoms with van der Waals surface area (Å²) in [6.07, 6.45) is 3.02. The highest BCUT2D eigenvalue weighted by molar-refractivity contribution is 5.68. The lowest BCUT2D eigenvalue weighted by Crippen LogP contribution is -2.42. The van der Waals surface area contributed by atoms with E-state index in [1.807, 2.05) is 27.7 Å². The van der Waals surface area contributed by atoms with Crippen LogP contribution in [0.25, 0.3) is 0 Å². The standard InChI is InChI=1S/C13H22N2O2/c1-12(2,3)17-11(16)15-10-5-7-13(4,9-14)8-6-10/h10H,5-8H2,1-4H3,(H,15,16). The molecule has 0 aromatic carbocycles.